The molecule has 1 amide bonds. The molecule has 3 aromatic rings. The fraction of sp³-hybridized carbons (Fsp3) is 0.333. The first-order valence-corrected chi connectivity index (χ1v) is 12.7. The van der Waals surface area contributed by atoms with Crippen LogP contribution >= 0.6 is 0 Å². The van der Waals surface area contributed by atoms with Crippen LogP contribution in [0.15, 0.2) is 71.0 Å². The smallest absolute Gasteiger partial charge is 0.253 e. The number of hydrogen-bond acceptors (Lipinski definition) is 4. The molecule has 0 aliphatic heterocycles. The zero-order chi connectivity index (χ0) is 26.7. The highest BCUT2D eigenvalue weighted by atomic mass is 16.2. The number of amidine groups is 1. The van der Waals surface area contributed by atoms with Crippen LogP contribution in [0.5, 0.6) is 0 Å². The number of amides is 1. The lowest BCUT2D eigenvalue weighted by atomic mass is 9.67. The van der Waals surface area contributed by atoms with Gasteiger partial charge in [-0.3, -0.25) is 4.79 Å². The number of nitrogens with one attached hydrogen (secondary N) is 1. The Morgan fingerprint density at radius 2 is 1.65 bits per heavy atom. The normalized spacial score (nSPS) is 17.8. The number of carbonyl (C=O) groups is 1. The van der Waals surface area contributed by atoms with Gasteiger partial charge in [0.1, 0.15) is 5.84 Å². The van der Waals surface area contributed by atoms with E-state index in [2.05, 4.69) is 47.6 Å². The number of nitrogens with two attached hydrogens (primary N) is 2. The molecule has 0 saturated carbocycles. The molecule has 0 saturated heterocycles. The highest BCUT2D eigenvalue weighted by Gasteiger charge is 2.45. The summed E-state index contributed by atoms with van der Waals surface area (Å²) in [6.45, 7) is 4.19. The third-order valence-electron chi connectivity index (χ3n) is 7.55. The predicted molar refractivity (Wildman–Crippen MR) is 148 cm³/mol. The average Bonchev–Trinajstić information content (AvgIpc) is 3.03. The van der Waals surface area contributed by atoms with Gasteiger partial charge in [-0.05, 0) is 78.1 Å². The molecule has 3 aromatic carbocycles. The number of nitrogens with zero attached hydrogens (tertiary/aromatic N) is 3. The van der Waals surface area contributed by atoms with Crippen LogP contribution in [-0.2, 0) is 24.7 Å². The lowest BCUT2D eigenvalue weighted by Gasteiger charge is -2.38. The van der Waals surface area contributed by atoms with Crippen LogP contribution in [0.2, 0.25) is 0 Å². The summed E-state index contributed by atoms with van der Waals surface area (Å²) < 4.78 is 0. The van der Waals surface area contributed by atoms with Gasteiger partial charge in [-0.1, -0.05) is 66.2 Å². The van der Waals surface area contributed by atoms with Crippen molar-refractivity contribution in [2.45, 2.75) is 51.0 Å². The van der Waals surface area contributed by atoms with E-state index in [1.165, 1.54) is 11.1 Å². The van der Waals surface area contributed by atoms with Crippen LogP contribution in [0, 0.1) is 12.5 Å². The molecule has 7 nitrogen and oxygen atoms in total. The Balaban J connectivity index is 2.00. The van der Waals surface area contributed by atoms with Crippen molar-refractivity contribution in [3.63, 3.8) is 0 Å². The maximum atomic E-state index is 12.8. The van der Waals surface area contributed by atoms with Gasteiger partial charge in [0, 0.05) is 25.7 Å². The summed E-state index contributed by atoms with van der Waals surface area (Å²) in [4.78, 5) is 14.4. The summed E-state index contributed by atoms with van der Waals surface area (Å²) in [5.74, 6) is 0.174. The Kier molecular flexibility index (Phi) is 7.55. The summed E-state index contributed by atoms with van der Waals surface area (Å²) in [5, 5.41) is 7.44. The molecule has 1 unspecified atom stereocenters. The topological polar surface area (TPSA) is 121 Å². The van der Waals surface area contributed by atoms with Crippen molar-refractivity contribution in [3.05, 3.63) is 105 Å². The first-order chi connectivity index (χ1) is 17.7. The molecule has 0 bridgehead atoms. The molecule has 7 heteroatoms. The molecule has 0 aromatic heterocycles. The molecule has 0 spiro atoms. The molecule has 37 heavy (non-hydrogen) atoms. The first kappa shape index (κ1) is 26.2. The van der Waals surface area contributed by atoms with E-state index < -0.39 is 5.41 Å². The van der Waals surface area contributed by atoms with Crippen LogP contribution in [0.1, 0.15) is 68.7 Å². The van der Waals surface area contributed by atoms with Crippen molar-refractivity contribution in [2.75, 3.05) is 14.1 Å². The summed E-state index contributed by atoms with van der Waals surface area (Å²) in [5.41, 5.74) is 28.5. The minimum Gasteiger partial charge on any atom is -0.385 e. The van der Waals surface area contributed by atoms with Crippen LogP contribution in [0.4, 0.5) is 0 Å². The van der Waals surface area contributed by atoms with E-state index in [0.717, 1.165) is 47.1 Å². The largest absolute Gasteiger partial charge is 0.385 e. The summed E-state index contributed by atoms with van der Waals surface area (Å²) in [6.07, 6.45) is 2.90. The van der Waals surface area contributed by atoms with E-state index in [1.54, 1.807) is 19.0 Å². The van der Waals surface area contributed by atoms with Gasteiger partial charge in [0.2, 0.25) is 0 Å². The minimum absolute atomic E-state index is 0.0532. The van der Waals surface area contributed by atoms with Gasteiger partial charge in [0.25, 0.3) is 5.91 Å². The third kappa shape index (κ3) is 4.91. The minimum atomic E-state index is -0.915. The summed E-state index contributed by atoms with van der Waals surface area (Å²) in [6, 6.07) is 20.2. The summed E-state index contributed by atoms with van der Waals surface area (Å²) in [7, 11) is 3.50. The van der Waals surface area contributed by atoms with Crippen LogP contribution in [-0.4, -0.2) is 30.7 Å². The molecule has 5 N–H and O–H groups in total. The van der Waals surface area contributed by atoms with Crippen molar-refractivity contribution in [3.8, 4) is 0 Å². The maximum absolute atomic E-state index is 12.8. The van der Waals surface area contributed by atoms with Crippen molar-refractivity contribution in [1.82, 2.24) is 4.90 Å². The Morgan fingerprint density at radius 1 is 1.03 bits per heavy atom. The lowest BCUT2D eigenvalue weighted by molar-refractivity contribution is 0.0827. The predicted octanol–water partition coefficient (Wildman–Crippen LogP) is 5.04. The van der Waals surface area contributed by atoms with Crippen molar-refractivity contribution >= 4 is 11.7 Å². The number of fused-ring (bicyclic) bond motifs is 2. The number of hydrogen-bond donors (Lipinski definition) is 3. The molecule has 2 atom stereocenters. The molecular formula is C30H36N6O. The molecule has 0 heterocycles. The van der Waals surface area contributed by atoms with E-state index in [4.69, 9.17) is 17.0 Å². The number of rotatable bonds is 7. The Labute approximate surface area is 219 Å². The Morgan fingerprint density at radius 3 is 2.24 bits per heavy atom. The Bertz CT molecular complexity index is 1340. The van der Waals surface area contributed by atoms with E-state index >= 15 is 0 Å². The zero-order valence-corrected chi connectivity index (χ0v) is 22.1. The molecule has 192 valence electrons. The fourth-order valence-corrected chi connectivity index (χ4v) is 5.51. The zero-order valence-electron chi connectivity index (χ0n) is 22.1. The lowest BCUT2D eigenvalue weighted by Crippen LogP contribution is -2.45. The Hall–Kier alpha value is -3.84. The number of aryl methyl sites for hydroxylation is 4. The fourth-order valence-electron chi connectivity index (χ4n) is 5.51. The second kappa shape index (κ2) is 10.6. The first-order valence-electron chi connectivity index (χ1n) is 12.7. The van der Waals surface area contributed by atoms with Gasteiger partial charge in [0.05, 0.1) is 5.41 Å². The molecule has 1 aliphatic rings. The van der Waals surface area contributed by atoms with Crippen molar-refractivity contribution in [2.24, 2.45) is 21.8 Å². The monoisotopic (exact) mass is 496 g/mol. The molecule has 0 radical (unpaired) electrons. The molecule has 4 rings (SSSR count). The highest BCUT2D eigenvalue weighted by Crippen LogP contribution is 2.46. The number of benzene rings is 3. The third-order valence-corrected chi connectivity index (χ3v) is 7.55. The van der Waals surface area contributed by atoms with Gasteiger partial charge in [-0.15, -0.1) is 5.10 Å². The van der Waals surface area contributed by atoms with Gasteiger partial charge < -0.3 is 16.4 Å². The van der Waals surface area contributed by atoms with Crippen LogP contribution in [0.3, 0.4) is 0 Å². The SMILES string of the molecule is CCc1ccc2c(c1)CCc1cc(C(=O)N(C)C)ccc1C2(C[C@H](N)c1ccc(C)cc1)C(N)=NN=N. The van der Waals surface area contributed by atoms with Crippen molar-refractivity contribution in [1.29, 1.82) is 5.53 Å². The second-order valence-electron chi connectivity index (χ2n) is 10.1. The van der Waals surface area contributed by atoms with Gasteiger partial charge in [0.15, 0.2) is 0 Å². The maximum Gasteiger partial charge on any atom is 0.253 e. The molecule has 1 aliphatic carbocycles. The van der Waals surface area contributed by atoms with E-state index in [0.29, 0.717) is 12.0 Å². The van der Waals surface area contributed by atoms with E-state index in [9.17, 15) is 4.79 Å². The van der Waals surface area contributed by atoms with Gasteiger partial charge in [-0.2, -0.15) is 5.53 Å². The van der Waals surface area contributed by atoms with Gasteiger partial charge >= 0.3 is 0 Å². The number of carbonyl (C=O) groups excluding carboxylic acids is 1. The second-order valence-corrected chi connectivity index (χ2v) is 10.1. The quantitative estimate of drug-likeness (QED) is 0.184. The molecule has 0 fully saturated rings. The standard InChI is InChI=1S/C30H36N6O/c1-5-20-8-14-25-22(16-20)11-12-23-17-24(28(37)36(3)4)13-15-26(23)30(25,29(32)34-35-33)18-27(31)21-9-6-19(2)7-10-21/h6-10,13-17,27H,5,11-12,18,31H2,1-4H3,(H3,32,33,34)/t27-,30?/m0/s1. The van der Waals surface area contributed by atoms with Crippen LogP contribution in [0.25, 0.3) is 0 Å². The molecular weight excluding hydrogens is 460 g/mol. The summed E-state index contributed by atoms with van der Waals surface area (Å²) >= 11 is 0. The van der Waals surface area contributed by atoms with Crippen molar-refractivity contribution < 1.29 is 4.79 Å². The van der Waals surface area contributed by atoms with Gasteiger partial charge in [-0.25, -0.2) is 0 Å². The van der Waals surface area contributed by atoms with Crippen LogP contribution < -0.4 is 11.5 Å². The van der Waals surface area contributed by atoms with E-state index in [1.807, 2.05) is 37.3 Å². The van der Waals surface area contributed by atoms with E-state index in [-0.39, 0.29) is 17.8 Å². The average molecular weight is 497 g/mol. The highest BCUT2D eigenvalue weighted by molar-refractivity contribution is 5.98.